The summed E-state index contributed by atoms with van der Waals surface area (Å²) in [6, 6.07) is 5.70. The Kier molecular flexibility index (Phi) is 3.43. The summed E-state index contributed by atoms with van der Waals surface area (Å²) in [5.41, 5.74) is -0.380. The Morgan fingerprint density at radius 2 is 2.37 bits per heavy atom. The van der Waals surface area contributed by atoms with Crippen molar-refractivity contribution in [2.45, 2.75) is 32.2 Å². The number of nitrogens with zero attached hydrogens (tertiary/aromatic N) is 1. The molecule has 4 nitrogen and oxygen atoms in total. The highest BCUT2D eigenvalue weighted by Gasteiger charge is 2.45. The number of nitriles is 1. The number of aliphatic carboxylic acids is 1. The second-order valence-corrected chi connectivity index (χ2v) is 5.12. The van der Waals surface area contributed by atoms with Crippen LogP contribution < -0.4 is 5.32 Å². The van der Waals surface area contributed by atoms with Gasteiger partial charge in [-0.05, 0) is 38.0 Å². The van der Waals surface area contributed by atoms with E-state index in [9.17, 15) is 14.3 Å². The zero-order valence-electron chi connectivity index (χ0n) is 10.6. The van der Waals surface area contributed by atoms with Crippen molar-refractivity contribution in [1.82, 2.24) is 0 Å². The van der Waals surface area contributed by atoms with Crippen molar-refractivity contribution in [3.63, 3.8) is 0 Å². The minimum atomic E-state index is -0.875. The first kappa shape index (κ1) is 13.3. The minimum Gasteiger partial charge on any atom is -0.481 e. The smallest absolute Gasteiger partial charge is 0.311 e. The molecule has 0 amide bonds. The number of nitrogens with one attached hydrogen (secondary N) is 1. The average molecular weight is 262 g/mol. The molecule has 0 aromatic heterocycles. The number of anilines is 1. The van der Waals surface area contributed by atoms with Crippen LogP contribution in [-0.2, 0) is 4.79 Å². The standard InChI is InChI=1S/C14H15FN2O2/c1-14(13(18)19)6-2-3-12(14)17-11-5-4-9(8-16)7-10(11)15/h4-5,7,12,17H,2-3,6H2,1H3,(H,18,19). The van der Waals surface area contributed by atoms with E-state index in [0.29, 0.717) is 12.8 Å². The Hall–Kier alpha value is -2.09. The van der Waals surface area contributed by atoms with Gasteiger partial charge in [0.05, 0.1) is 22.7 Å². The minimum absolute atomic E-state index is 0.246. The van der Waals surface area contributed by atoms with Gasteiger partial charge in [-0.1, -0.05) is 6.42 Å². The Morgan fingerprint density at radius 3 is 2.95 bits per heavy atom. The summed E-state index contributed by atoms with van der Waals surface area (Å²) in [4.78, 5) is 11.3. The number of carbonyl (C=O) groups is 1. The zero-order valence-corrected chi connectivity index (χ0v) is 10.6. The molecule has 2 atom stereocenters. The lowest BCUT2D eigenvalue weighted by atomic mass is 9.85. The van der Waals surface area contributed by atoms with E-state index < -0.39 is 17.2 Å². The van der Waals surface area contributed by atoms with Crippen molar-refractivity contribution in [2.24, 2.45) is 5.41 Å². The number of carboxylic acids is 1. The first-order valence-electron chi connectivity index (χ1n) is 6.17. The molecule has 1 aromatic rings. The van der Waals surface area contributed by atoms with E-state index in [4.69, 9.17) is 5.26 Å². The van der Waals surface area contributed by atoms with Crippen LogP contribution in [0.3, 0.4) is 0 Å². The maximum atomic E-state index is 13.8. The van der Waals surface area contributed by atoms with Crippen molar-refractivity contribution >= 4 is 11.7 Å². The van der Waals surface area contributed by atoms with Gasteiger partial charge < -0.3 is 10.4 Å². The lowest BCUT2D eigenvalue weighted by Gasteiger charge is -2.28. The number of benzene rings is 1. The lowest BCUT2D eigenvalue weighted by molar-refractivity contribution is -0.147. The summed E-state index contributed by atoms with van der Waals surface area (Å²) < 4.78 is 13.8. The molecule has 0 radical (unpaired) electrons. The largest absolute Gasteiger partial charge is 0.481 e. The van der Waals surface area contributed by atoms with E-state index in [1.807, 2.05) is 6.07 Å². The molecule has 0 saturated heterocycles. The third-order valence-electron chi connectivity index (χ3n) is 3.87. The molecule has 19 heavy (non-hydrogen) atoms. The molecule has 0 heterocycles. The van der Waals surface area contributed by atoms with Crippen molar-refractivity contribution in [3.05, 3.63) is 29.6 Å². The number of carboxylic acid groups (broad SMARTS) is 1. The Bertz CT molecular complexity index is 553. The van der Waals surface area contributed by atoms with Crippen LogP contribution >= 0.6 is 0 Å². The maximum Gasteiger partial charge on any atom is 0.311 e. The van der Waals surface area contributed by atoms with Crippen molar-refractivity contribution < 1.29 is 14.3 Å². The molecule has 2 unspecified atom stereocenters. The molecule has 2 N–H and O–H groups in total. The lowest BCUT2D eigenvalue weighted by Crippen LogP contribution is -2.40. The highest BCUT2D eigenvalue weighted by Crippen LogP contribution is 2.40. The third-order valence-corrected chi connectivity index (χ3v) is 3.87. The number of hydrogen-bond acceptors (Lipinski definition) is 3. The number of hydrogen-bond donors (Lipinski definition) is 2. The van der Waals surface area contributed by atoms with Crippen molar-refractivity contribution in [2.75, 3.05) is 5.32 Å². The molecule has 1 aromatic carbocycles. The number of rotatable bonds is 3. The third kappa shape index (κ3) is 2.39. The first-order valence-corrected chi connectivity index (χ1v) is 6.17. The molecule has 0 spiro atoms. The summed E-state index contributed by atoms with van der Waals surface area (Å²) in [5, 5.41) is 20.9. The molecule has 1 fully saturated rings. The summed E-state index contributed by atoms with van der Waals surface area (Å²) in [5.74, 6) is -1.39. The van der Waals surface area contributed by atoms with Crippen LogP contribution in [0.25, 0.3) is 0 Å². The molecule has 1 aliphatic carbocycles. The molecular weight excluding hydrogens is 247 g/mol. The topological polar surface area (TPSA) is 73.1 Å². The summed E-state index contributed by atoms with van der Waals surface area (Å²) in [7, 11) is 0. The van der Waals surface area contributed by atoms with Crippen molar-refractivity contribution in [1.29, 1.82) is 5.26 Å². The fraction of sp³-hybridized carbons (Fsp3) is 0.429. The molecule has 1 saturated carbocycles. The van der Waals surface area contributed by atoms with Crippen LogP contribution in [0.2, 0.25) is 0 Å². The quantitative estimate of drug-likeness (QED) is 0.878. The monoisotopic (exact) mass is 262 g/mol. The predicted octanol–water partition coefficient (Wildman–Crippen LogP) is 2.75. The fourth-order valence-corrected chi connectivity index (χ4v) is 2.54. The molecular formula is C14H15FN2O2. The Labute approximate surface area is 110 Å². The van der Waals surface area contributed by atoms with Crippen molar-refractivity contribution in [3.8, 4) is 6.07 Å². The zero-order chi connectivity index (χ0) is 14.0. The van der Waals surface area contributed by atoms with Gasteiger partial charge in [0, 0.05) is 6.04 Å². The summed E-state index contributed by atoms with van der Waals surface area (Å²) in [6.45, 7) is 1.68. The van der Waals surface area contributed by atoms with Crippen LogP contribution in [-0.4, -0.2) is 17.1 Å². The Morgan fingerprint density at radius 1 is 1.63 bits per heavy atom. The molecule has 1 aliphatic rings. The highest BCUT2D eigenvalue weighted by atomic mass is 19.1. The molecule has 0 aliphatic heterocycles. The average Bonchev–Trinajstić information content (AvgIpc) is 2.75. The Balaban J connectivity index is 2.22. The molecule has 5 heteroatoms. The first-order chi connectivity index (χ1) is 8.97. The molecule has 0 bridgehead atoms. The van der Waals surface area contributed by atoms with Gasteiger partial charge in [0.2, 0.25) is 0 Å². The number of halogens is 1. The van der Waals surface area contributed by atoms with Crippen LogP contribution in [0.15, 0.2) is 18.2 Å². The van der Waals surface area contributed by atoms with E-state index in [-0.39, 0.29) is 17.3 Å². The predicted molar refractivity (Wildman–Crippen MR) is 68.1 cm³/mol. The van der Waals surface area contributed by atoms with Crippen LogP contribution in [0.4, 0.5) is 10.1 Å². The molecule has 2 rings (SSSR count). The van der Waals surface area contributed by atoms with E-state index in [2.05, 4.69) is 5.32 Å². The van der Waals surface area contributed by atoms with Gasteiger partial charge >= 0.3 is 5.97 Å². The highest BCUT2D eigenvalue weighted by molar-refractivity contribution is 5.76. The van der Waals surface area contributed by atoms with Gasteiger partial charge in [-0.2, -0.15) is 5.26 Å². The van der Waals surface area contributed by atoms with Crippen LogP contribution in [0, 0.1) is 22.6 Å². The van der Waals surface area contributed by atoms with Gasteiger partial charge in [-0.25, -0.2) is 4.39 Å². The second kappa shape index (κ2) is 4.88. The van der Waals surface area contributed by atoms with E-state index >= 15 is 0 Å². The molecule has 100 valence electrons. The van der Waals surface area contributed by atoms with Crippen LogP contribution in [0.5, 0.6) is 0 Å². The normalized spacial score (nSPS) is 25.8. The van der Waals surface area contributed by atoms with Gasteiger partial charge in [-0.15, -0.1) is 0 Å². The second-order valence-electron chi connectivity index (χ2n) is 5.12. The van der Waals surface area contributed by atoms with E-state index in [1.165, 1.54) is 12.1 Å². The maximum absolute atomic E-state index is 13.8. The SMILES string of the molecule is CC1(C(=O)O)CCCC1Nc1ccc(C#N)cc1F. The van der Waals surface area contributed by atoms with Crippen LogP contribution in [0.1, 0.15) is 31.7 Å². The van der Waals surface area contributed by atoms with Gasteiger partial charge in [0.25, 0.3) is 0 Å². The van der Waals surface area contributed by atoms with Gasteiger partial charge in [0.15, 0.2) is 0 Å². The van der Waals surface area contributed by atoms with E-state index in [0.717, 1.165) is 12.5 Å². The van der Waals surface area contributed by atoms with Gasteiger partial charge in [-0.3, -0.25) is 4.79 Å². The summed E-state index contributed by atoms with van der Waals surface area (Å²) >= 11 is 0. The van der Waals surface area contributed by atoms with Gasteiger partial charge in [0.1, 0.15) is 5.82 Å². The summed E-state index contributed by atoms with van der Waals surface area (Å²) in [6.07, 6.45) is 2.08. The van der Waals surface area contributed by atoms with E-state index in [1.54, 1.807) is 6.92 Å². The fourth-order valence-electron chi connectivity index (χ4n) is 2.54.